The number of alkyl halides is 3. The van der Waals surface area contributed by atoms with E-state index in [1.807, 2.05) is 0 Å². The van der Waals surface area contributed by atoms with Crippen molar-refractivity contribution in [1.29, 1.82) is 0 Å². The summed E-state index contributed by atoms with van der Waals surface area (Å²) in [6, 6.07) is 5.26. The largest absolute Gasteiger partial charge is 0.496 e. The molecule has 1 fully saturated rings. The van der Waals surface area contributed by atoms with Crippen molar-refractivity contribution < 1.29 is 36.2 Å². The van der Waals surface area contributed by atoms with Gasteiger partial charge in [0, 0.05) is 36.9 Å². The fourth-order valence-corrected chi connectivity index (χ4v) is 5.90. The first-order chi connectivity index (χ1) is 15.3. The molecule has 2 heterocycles. The molecule has 180 valence electrons. The summed E-state index contributed by atoms with van der Waals surface area (Å²) in [6.07, 6.45) is -4.13. The Morgan fingerprint density at radius 2 is 1.82 bits per heavy atom. The van der Waals surface area contributed by atoms with Crippen LogP contribution in [0, 0.1) is 0 Å². The number of hydrogen-bond acceptors (Lipinski definition) is 6. The van der Waals surface area contributed by atoms with Crippen LogP contribution in [0.1, 0.15) is 25.0 Å². The molecule has 1 aromatic carbocycles. The standard InChI is InChI=1S/C21H24F3N3O5S/c1-13-11-26(19-7-4-16(10-25-19)21(22,23)24)12-14(2)27(13)33(30,31)17-5-6-18(32-3)15(8-17)9-20(28)29/h4-8,10,13-14H,9,11-12H2,1-3H3,(H,28,29). The molecule has 0 radical (unpaired) electrons. The number of pyridine rings is 1. The molecule has 2 atom stereocenters. The van der Waals surface area contributed by atoms with Gasteiger partial charge >= 0.3 is 12.1 Å². The molecule has 1 aliphatic heterocycles. The number of piperazine rings is 1. The summed E-state index contributed by atoms with van der Waals surface area (Å²) < 4.78 is 71.7. The van der Waals surface area contributed by atoms with Gasteiger partial charge in [-0.05, 0) is 44.2 Å². The molecule has 0 spiro atoms. The van der Waals surface area contributed by atoms with Crippen LogP contribution >= 0.6 is 0 Å². The highest BCUT2D eigenvalue weighted by atomic mass is 32.2. The summed E-state index contributed by atoms with van der Waals surface area (Å²) in [5.74, 6) is -0.523. The van der Waals surface area contributed by atoms with E-state index < -0.39 is 46.2 Å². The first kappa shape index (κ1) is 24.8. The maximum absolute atomic E-state index is 13.4. The minimum absolute atomic E-state index is 0.0562. The van der Waals surface area contributed by atoms with E-state index >= 15 is 0 Å². The number of aliphatic carboxylic acids is 1. The van der Waals surface area contributed by atoms with Crippen molar-refractivity contribution in [2.75, 3.05) is 25.1 Å². The lowest BCUT2D eigenvalue weighted by Gasteiger charge is -2.43. The lowest BCUT2D eigenvalue weighted by atomic mass is 10.1. The Morgan fingerprint density at radius 3 is 2.30 bits per heavy atom. The number of nitrogens with zero attached hydrogens (tertiary/aromatic N) is 3. The summed E-state index contributed by atoms with van der Waals surface area (Å²) in [7, 11) is -2.62. The van der Waals surface area contributed by atoms with Crippen molar-refractivity contribution in [3.8, 4) is 5.75 Å². The van der Waals surface area contributed by atoms with Gasteiger partial charge in [-0.15, -0.1) is 0 Å². The molecular formula is C21H24F3N3O5S. The van der Waals surface area contributed by atoms with Crippen molar-refractivity contribution >= 4 is 21.8 Å². The third-order valence-corrected chi connectivity index (χ3v) is 7.53. The van der Waals surface area contributed by atoms with Crippen LogP contribution in [0.25, 0.3) is 0 Å². The van der Waals surface area contributed by atoms with Gasteiger partial charge in [0.25, 0.3) is 0 Å². The number of carbonyl (C=O) groups is 1. The number of hydrogen-bond donors (Lipinski definition) is 1. The molecule has 1 aliphatic rings. The predicted molar refractivity (Wildman–Crippen MR) is 114 cm³/mol. The van der Waals surface area contributed by atoms with Crippen LogP contribution in [0.15, 0.2) is 41.4 Å². The zero-order valence-corrected chi connectivity index (χ0v) is 19.0. The molecule has 1 N–H and O–H groups in total. The number of rotatable bonds is 6. The predicted octanol–water partition coefficient (Wildman–Crippen LogP) is 3.02. The molecule has 33 heavy (non-hydrogen) atoms. The van der Waals surface area contributed by atoms with Crippen molar-refractivity contribution in [2.45, 2.75) is 43.4 Å². The molecule has 8 nitrogen and oxygen atoms in total. The number of sulfonamides is 1. The van der Waals surface area contributed by atoms with Crippen LogP contribution in [0.2, 0.25) is 0 Å². The Bertz CT molecular complexity index is 1110. The summed E-state index contributed by atoms with van der Waals surface area (Å²) in [6.45, 7) is 3.85. The van der Waals surface area contributed by atoms with Crippen LogP contribution < -0.4 is 9.64 Å². The van der Waals surface area contributed by atoms with Crippen LogP contribution in [0.3, 0.4) is 0 Å². The molecule has 0 amide bonds. The van der Waals surface area contributed by atoms with E-state index in [1.54, 1.807) is 18.7 Å². The van der Waals surface area contributed by atoms with Gasteiger partial charge in [0.15, 0.2) is 0 Å². The summed E-state index contributed by atoms with van der Waals surface area (Å²) in [4.78, 5) is 16.8. The summed E-state index contributed by atoms with van der Waals surface area (Å²) in [5, 5.41) is 9.12. The molecule has 12 heteroatoms. The molecule has 0 saturated carbocycles. The van der Waals surface area contributed by atoms with Crippen molar-refractivity contribution in [3.05, 3.63) is 47.7 Å². The van der Waals surface area contributed by atoms with E-state index in [1.165, 1.54) is 35.7 Å². The van der Waals surface area contributed by atoms with Gasteiger partial charge in [-0.25, -0.2) is 13.4 Å². The minimum atomic E-state index is -4.49. The van der Waals surface area contributed by atoms with Crippen LogP contribution in [0.5, 0.6) is 5.75 Å². The highest BCUT2D eigenvalue weighted by molar-refractivity contribution is 7.89. The second kappa shape index (κ2) is 9.18. The van der Waals surface area contributed by atoms with Gasteiger partial charge in [-0.3, -0.25) is 4.79 Å². The number of aromatic nitrogens is 1. The zero-order valence-electron chi connectivity index (χ0n) is 18.2. The molecule has 2 unspecified atom stereocenters. The molecule has 1 aromatic heterocycles. The van der Waals surface area contributed by atoms with Gasteiger partial charge in [0.1, 0.15) is 11.6 Å². The first-order valence-electron chi connectivity index (χ1n) is 10.0. The van der Waals surface area contributed by atoms with E-state index in [9.17, 15) is 26.4 Å². The fraction of sp³-hybridized carbons (Fsp3) is 0.429. The van der Waals surface area contributed by atoms with Gasteiger partial charge in [-0.1, -0.05) is 0 Å². The third kappa shape index (κ3) is 5.22. The van der Waals surface area contributed by atoms with E-state index in [0.29, 0.717) is 5.82 Å². The molecule has 1 saturated heterocycles. The van der Waals surface area contributed by atoms with E-state index in [4.69, 9.17) is 9.84 Å². The van der Waals surface area contributed by atoms with Crippen LogP contribution in [-0.2, 0) is 27.4 Å². The Balaban J connectivity index is 1.86. The molecular weight excluding hydrogens is 463 g/mol. The normalized spacial score (nSPS) is 20.0. The average molecular weight is 488 g/mol. The van der Waals surface area contributed by atoms with E-state index in [2.05, 4.69) is 4.98 Å². The summed E-state index contributed by atoms with van der Waals surface area (Å²) >= 11 is 0. The van der Waals surface area contributed by atoms with Gasteiger partial charge in [-0.2, -0.15) is 17.5 Å². The highest BCUT2D eigenvalue weighted by Gasteiger charge is 2.39. The minimum Gasteiger partial charge on any atom is -0.496 e. The molecule has 3 rings (SSSR count). The number of carboxylic acid groups (broad SMARTS) is 1. The van der Waals surface area contributed by atoms with Gasteiger partial charge in [0.2, 0.25) is 10.0 Å². The summed E-state index contributed by atoms with van der Waals surface area (Å²) in [5.41, 5.74) is -0.621. The first-order valence-corrected chi connectivity index (χ1v) is 11.5. The highest BCUT2D eigenvalue weighted by Crippen LogP contribution is 2.32. The average Bonchev–Trinajstić information content (AvgIpc) is 2.72. The number of halogens is 3. The Morgan fingerprint density at radius 1 is 1.18 bits per heavy atom. The van der Waals surface area contributed by atoms with Gasteiger partial charge in [0.05, 0.1) is 24.0 Å². The number of methoxy groups -OCH3 is 1. The van der Waals surface area contributed by atoms with Crippen molar-refractivity contribution in [3.63, 3.8) is 0 Å². The zero-order chi connectivity index (χ0) is 24.6. The lowest BCUT2D eigenvalue weighted by Crippen LogP contribution is -2.58. The number of carboxylic acids is 1. The fourth-order valence-electron chi connectivity index (χ4n) is 4.05. The Labute approximate surface area is 189 Å². The SMILES string of the molecule is COc1ccc(S(=O)(=O)N2C(C)CN(c3ccc(C(F)(F)F)cn3)CC2C)cc1CC(=O)O. The van der Waals surface area contributed by atoms with E-state index in [-0.39, 0.29) is 29.3 Å². The number of anilines is 1. The Kier molecular flexibility index (Phi) is 6.89. The van der Waals surface area contributed by atoms with Crippen LogP contribution in [-0.4, -0.2) is 61.1 Å². The van der Waals surface area contributed by atoms with E-state index in [0.717, 1.165) is 12.3 Å². The topological polar surface area (TPSA) is 100 Å². The number of benzene rings is 1. The second-order valence-corrected chi connectivity index (χ2v) is 9.73. The molecule has 0 bridgehead atoms. The Hall–Kier alpha value is -2.86. The van der Waals surface area contributed by atoms with Crippen molar-refractivity contribution in [1.82, 2.24) is 9.29 Å². The second-order valence-electron chi connectivity index (χ2n) is 7.88. The maximum Gasteiger partial charge on any atom is 0.417 e. The van der Waals surface area contributed by atoms with Crippen LogP contribution in [0.4, 0.5) is 19.0 Å². The van der Waals surface area contributed by atoms with Gasteiger partial charge < -0.3 is 14.7 Å². The quantitative estimate of drug-likeness (QED) is 0.669. The molecule has 2 aromatic rings. The smallest absolute Gasteiger partial charge is 0.417 e. The maximum atomic E-state index is 13.4. The van der Waals surface area contributed by atoms with Crippen molar-refractivity contribution in [2.24, 2.45) is 0 Å². The lowest BCUT2D eigenvalue weighted by molar-refractivity contribution is -0.138. The monoisotopic (exact) mass is 487 g/mol. The number of ether oxygens (including phenoxy) is 1. The molecule has 0 aliphatic carbocycles. The third-order valence-electron chi connectivity index (χ3n) is 5.41.